The predicted octanol–water partition coefficient (Wildman–Crippen LogP) is 4.28. The van der Waals surface area contributed by atoms with Gasteiger partial charge in [-0.15, -0.1) is 0 Å². The minimum Gasteiger partial charge on any atom is -0.457 e. The monoisotopic (exact) mass is 239 g/mol. The van der Waals surface area contributed by atoms with Crippen molar-refractivity contribution in [2.75, 3.05) is 0 Å². The Morgan fingerprint density at radius 3 is 2.17 bits per heavy atom. The van der Waals surface area contributed by atoms with E-state index < -0.39 is 0 Å². The van der Waals surface area contributed by atoms with Gasteiger partial charge in [-0.2, -0.15) is 0 Å². The third-order valence-corrected chi connectivity index (χ3v) is 2.56. The van der Waals surface area contributed by atoms with E-state index in [0.717, 1.165) is 11.5 Å². The molecule has 2 heteroatoms. The Kier molecular flexibility index (Phi) is 4.13. The molecule has 0 atom stereocenters. The lowest BCUT2D eigenvalue weighted by atomic mass is 10.1. The molecule has 0 aliphatic heterocycles. The van der Waals surface area contributed by atoms with Crippen molar-refractivity contribution in [1.82, 2.24) is 0 Å². The van der Waals surface area contributed by atoms with Crippen LogP contribution in [0.15, 0.2) is 54.6 Å². The van der Waals surface area contributed by atoms with Crippen LogP contribution >= 0.6 is 0 Å². The van der Waals surface area contributed by atoms with Gasteiger partial charge in [-0.25, -0.2) is 0 Å². The largest absolute Gasteiger partial charge is 0.457 e. The van der Waals surface area contributed by atoms with Crippen LogP contribution in [0, 0.1) is 6.92 Å². The van der Waals surface area contributed by atoms with Gasteiger partial charge in [0.2, 0.25) is 0 Å². The molecule has 0 aliphatic rings. The zero-order chi connectivity index (χ0) is 12.8. The summed E-state index contributed by atoms with van der Waals surface area (Å²) in [6.45, 7) is 3.68. The summed E-state index contributed by atoms with van der Waals surface area (Å²) in [5, 5.41) is 0. The second-order valence-electron chi connectivity index (χ2n) is 3.97. The standard InChI is InChI=1S/C16H15O2/c1-2-6-16(17)13-9-11-15(12-10-13)18-14-7-4-3-5-8-14/h3-5,7-12H,1-2,6H2. The molecule has 91 valence electrons. The topological polar surface area (TPSA) is 26.3 Å². The number of hydrogen-bond acceptors (Lipinski definition) is 2. The van der Waals surface area contributed by atoms with Gasteiger partial charge in [0.1, 0.15) is 11.5 Å². The van der Waals surface area contributed by atoms with E-state index in [1.54, 1.807) is 12.1 Å². The molecule has 0 unspecified atom stereocenters. The quantitative estimate of drug-likeness (QED) is 0.728. The number of carbonyl (C=O) groups excluding carboxylic acids is 1. The maximum atomic E-state index is 11.6. The summed E-state index contributed by atoms with van der Waals surface area (Å²) >= 11 is 0. The van der Waals surface area contributed by atoms with Crippen molar-refractivity contribution in [3.63, 3.8) is 0 Å². The maximum absolute atomic E-state index is 11.6. The zero-order valence-corrected chi connectivity index (χ0v) is 10.1. The van der Waals surface area contributed by atoms with Crippen LogP contribution in [0.2, 0.25) is 0 Å². The molecule has 0 fully saturated rings. The normalized spacial score (nSPS) is 10.1. The molecule has 1 radical (unpaired) electrons. The first kappa shape index (κ1) is 12.4. The molecule has 0 spiro atoms. The van der Waals surface area contributed by atoms with Crippen LogP contribution in [0.5, 0.6) is 11.5 Å². The highest BCUT2D eigenvalue weighted by molar-refractivity contribution is 5.96. The molecule has 0 N–H and O–H groups in total. The highest BCUT2D eigenvalue weighted by atomic mass is 16.5. The van der Waals surface area contributed by atoms with Gasteiger partial charge >= 0.3 is 0 Å². The van der Waals surface area contributed by atoms with Crippen LogP contribution in [-0.4, -0.2) is 5.78 Å². The minimum atomic E-state index is 0.122. The van der Waals surface area contributed by atoms with Gasteiger partial charge in [0.25, 0.3) is 0 Å². The summed E-state index contributed by atoms with van der Waals surface area (Å²) < 4.78 is 5.65. The van der Waals surface area contributed by atoms with Crippen molar-refractivity contribution in [1.29, 1.82) is 0 Å². The van der Waals surface area contributed by atoms with Crippen LogP contribution in [0.25, 0.3) is 0 Å². The summed E-state index contributed by atoms with van der Waals surface area (Å²) in [5.41, 5.74) is 0.707. The molecule has 2 aromatic carbocycles. The molecule has 2 nitrogen and oxygen atoms in total. The first-order valence-electron chi connectivity index (χ1n) is 5.95. The summed E-state index contributed by atoms with van der Waals surface area (Å²) in [4.78, 5) is 11.6. The van der Waals surface area contributed by atoms with E-state index >= 15 is 0 Å². The van der Waals surface area contributed by atoms with Crippen LogP contribution in [0.3, 0.4) is 0 Å². The second-order valence-corrected chi connectivity index (χ2v) is 3.97. The summed E-state index contributed by atoms with van der Waals surface area (Å²) in [6, 6.07) is 16.7. The van der Waals surface area contributed by atoms with E-state index in [9.17, 15) is 4.79 Å². The SMILES string of the molecule is [CH2]CCC(=O)c1ccc(Oc2ccccc2)cc1. The molecule has 0 saturated heterocycles. The molecule has 0 bridgehead atoms. The number of carbonyl (C=O) groups is 1. The molecular weight excluding hydrogens is 224 g/mol. The van der Waals surface area contributed by atoms with Gasteiger partial charge in [-0.3, -0.25) is 4.79 Å². The Bertz CT molecular complexity index is 500. The highest BCUT2D eigenvalue weighted by Gasteiger charge is 2.04. The van der Waals surface area contributed by atoms with Crippen molar-refractivity contribution in [2.24, 2.45) is 0 Å². The summed E-state index contributed by atoms with van der Waals surface area (Å²) in [7, 11) is 0. The van der Waals surface area contributed by atoms with Gasteiger partial charge in [0.05, 0.1) is 0 Å². The third kappa shape index (κ3) is 3.20. The fourth-order valence-electron chi connectivity index (χ4n) is 1.64. The molecule has 0 aliphatic carbocycles. The number of hydrogen-bond donors (Lipinski definition) is 0. The number of ether oxygens (including phenoxy) is 1. The number of benzene rings is 2. The van der Waals surface area contributed by atoms with Crippen LogP contribution in [0.4, 0.5) is 0 Å². The smallest absolute Gasteiger partial charge is 0.162 e. The van der Waals surface area contributed by atoms with Gasteiger partial charge in [-0.05, 0) is 42.8 Å². The number of ketones is 1. The fourth-order valence-corrected chi connectivity index (χ4v) is 1.64. The number of Topliss-reactive ketones (excluding diaryl/α,β-unsaturated/α-hetero) is 1. The van der Waals surface area contributed by atoms with E-state index in [2.05, 4.69) is 6.92 Å². The average Bonchev–Trinajstić information content (AvgIpc) is 2.41. The summed E-state index contributed by atoms with van der Waals surface area (Å²) in [5.74, 6) is 1.64. The maximum Gasteiger partial charge on any atom is 0.162 e. The summed E-state index contributed by atoms with van der Waals surface area (Å²) in [6.07, 6.45) is 1.11. The van der Waals surface area contributed by atoms with E-state index in [4.69, 9.17) is 4.74 Å². The van der Waals surface area contributed by atoms with Crippen molar-refractivity contribution >= 4 is 5.78 Å². The first-order valence-corrected chi connectivity index (χ1v) is 5.95. The molecule has 2 aromatic rings. The van der Waals surface area contributed by atoms with Gasteiger partial charge in [0.15, 0.2) is 5.78 Å². The van der Waals surface area contributed by atoms with Gasteiger partial charge < -0.3 is 4.74 Å². The predicted molar refractivity (Wildman–Crippen MR) is 71.9 cm³/mol. The van der Waals surface area contributed by atoms with Crippen molar-refractivity contribution in [3.05, 3.63) is 67.1 Å². The second kappa shape index (κ2) is 6.01. The third-order valence-electron chi connectivity index (χ3n) is 2.56. The molecule has 0 saturated carbocycles. The van der Waals surface area contributed by atoms with Crippen LogP contribution in [-0.2, 0) is 0 Å². The van der Waals surface area contributed by atoms with Crippen molar-refractivity contribution in [2.45, 2.75) is 12.8 Å². The van der Waals surface area contributed by atoms with E-state index in [1.807, 2.05) is 42.5 Å². The van der Waals surface area contributed by atoms with Gasteiger partial charge in [-0.1, -0.05) is 25.1 Å². The molecule has 0 aromatic heterocycles. The lowest BCUT2D eigenvalue weighted by molar-refractivity contribution is 0.0983. The van der Waals surface area contributed by atoms with E-state index in [0.29, 0.717) is 18.4 Å². The Morgan fingerprint density at radius 1 is 0.944 bits per heavy atom. The Labute approximate surface area is 107 Å². The molecule has 0 amide bonds. The Balaban J connectivity index is 2.06. The molecular formula is C16H15O2. The number of rotatable bonds is 5. The van der Waals surface area contributed by atoms with Crippen molar-refractivity contribution < 1.29 is 9.53 Å². The van der Waals surface area contributed by atoms with Crippen LogP contribution in [0.1, 0.15) is 23.2 Å². The molecule has 0 heterocycles. The van der Waals surface area contributed by atoms with E-state index in [-0.39, 0.29) is 5.78 Å². The molecule has 2 rings (SSSR count). The molecule has 18 heavy (non-hydrogen) atoms. The van der Waals surface area contributed by atoms with Crippen molar-refractivity contribution in [3.8, 4) is 11.5 Å². The van der Waals surface area contributed by atoms with Gasteiger partial charge in [0, 0.05) is 12.0 Å². The van der Waals surface area contributed by atoms with E-state index in [1.165, 1.54) is 0 Å². The average molecular weight is 239 g/mol. The zero-order valence-electron chi connectivity index (χ0n) is 10.1. The Morgan fingerprint density at radius 2 is 1.56 bits per heavy atom. The fraction of sp³-hybridized carbons (Fsp3) is 0.125. The van der Waals surface area contributed by atoms with Crippen LogP contribution < -0.4 is 4.74 Å². The first-order chi connectivity index (χ1) is 8.79. The lowest BCUT2D eigenvalue weighted by Crippen LogP contribution is -1.97. The lowest BCUT2D eigenvalue weighted by Gasteiger charge is -2.06. The minimum absolute atomic E-state index is 0.122. The Hall–Kier alpha value is -2.09. The number of para-hydroxylation sites is 1. The highest BCUT2D eigenvalue weighted by Crippen LogP contribution is 2.21.